The molecule has 0 aliphatic rings. The van der Waals surface area contributed by atoms with Crippen LogP contribution in [0.5, 0.6) is 0 Å². The van der Waals surface area contributed by atoms with E-state index in [2.05, 4.69) is 19.1 Å². The molecule has 0 radical (unpaired) electrons. The van der Waals surface area contributed by atoms with Crippen molar-refractivity contribution in [3.05, 3.63) is 12.2 Å². The molecular weight excluding hydrogens is 344 g/mol. The normalized spacial score (nSPS) is 13.0. The number of rotatable bonds is 17. The van der Waals surface area contributed by atoms with Gasteiger partial charge in [-0.2, -0.15) is 0 Å². The van der Waals surface area contributed by atoms with Gasteiger partial charge in [0.25, 0.3) is 0 Å². The number of carbonyl (C=O) groups excluding carboxylic acids is 1. The van der Waals surface area contributed by atoms with Gasteiger partial charge >= 0.3 is 11.9 Å². The summed E-state index contributed by atoms with van der Waals surface area (Å²) in [5, 5.41) is 18.8. The van der Waals surface area contributed by atoms with Gasteiger partial charge in [-0.1, -0.05) is 64.0 Å². The van der Waals surface area contributed by atoms with E-state index in [0.717, 1.165) is 57.8 Å². The number of aliphatic hydroxyl groups excluding tert-OH is 1. The number of ether oxygens (including phenoxy) is 1. The molecule has 0 aliphatic carbocycles. The first-order valence-corrected chi connectivity index (χ1v) is 10.6. The summed E-state index contributed by atoms with van der Waals surface area (Å²) in [6, 6.07) is 0. The van der Waals surface area contributed by atoms with Gasteiger partial charge in [-0.25, -0.2) is 4.79 Å². The number of hydrogen-bond donors (Lipinski definition) is 2. The van der Waals surface area contributed by atoms with E-state index in [1.807, 2.05) is 0 Å². The number of allylic oxidation sites excluding steroid dienone is 1. The minimum Gasteiger partial charge on any atom is -0.478 e. The molecule has 0 fully saturated rings. The van der Waals surface area contributed by atoms with Gasteiger partial charge < -0.3 is 14.9 Å². The van der Waals surface area contributed by atoms with Crippen LogP contribution in [-0.2, 0) is 14.3 Å². The Bertz CT molecular complexity index is 428. The molecular formula is C22H40O5. The Kier molecular flexibility index (Phi) is 14.9. The maximum Gasteiger partial charge on any atom is 0.347 e. The topological polar surface area (TPSA) is 83.8 Å². The van der Waals surface area contributed by atoms with Gasteiger partial charge in [0, 0.05) is 6.42 Å². The highest BCUT2D eigenvalue weighted by atomic mass is 16.6. The van der Waals surface area contributed by atoms with Crippen molar-refractivity contribution in [1.82, 2.24) is 0 Å². The molecule has 0 saturated carbocycles. The fourth-order valence-electron chi connectivity index (χ4n) is 2.74. The lowest BCUT2D eigenvalue weighted by molar-refractivity contribution is -0.174. The molecule has 27 heavy (non-hydrogen) atoms. The second kappa shape index (κ2) is 15.7. The zero-order chi connectivity index (χ0) is 20.5. The second-order valence-electron chi connectivity index (χ2n) is 7.81. The molecule has 0 rings (SSSR count). The van der Waals surface area contributed by atoms with Crippen molar-refractivity contribution >= 4 is 11.9 Å². The first-order chi connectivity index (χ1) is 12.8. The van der Waals surface area contributed by atoms with E-state index in [0.29, 0.717) is 0 Å². The van der Waals surface area contributed by atoms with E-state index < -0.39 is 17.5 Å². The second-order valence-corrected chi connectivity index (χ2v) is 7.81. The Morgan fingerprint density at radius 2 is 1.59 bits per heavy atom. The van der Waals surface area contributed by atoms with Crippen molar-refractivity contribution in [2.45, 2.75) is 116 Å². The molecule has 0 aliphatic heterocycles. The maximum atomic E-state index is 11.6. The number of carboxylic acid groups (broad SMARTS) is 1. The average molecular weight is 385 g/mol. The van der Waals surface area contributed by atoms with Crippen LogP contribution in [0.3, 0.4) is 0 Å². The molecule has 0 saturated heterocycles. The van der Waals surface area contributed by atoms with Gasteiger partial charge in [-0.3, -0.25) is 4.79 Å². The molecule has 0 heterocycles. The fourth-order valence-corrected chi connectivity index (χ4v) is 2.74. The molecule has 0 amide bonds. The first kappa shape index (κ1) is 25.6. The summed E-state index contributed by atoms with van der Waals surface area (Å²) in [7, 11) is 0. The quantitative estimate of drug-likeness (QED) is 0.199. The van der Waals surface area contributed by atoms with E-state index in [4.69, 9.17) is 9.84 Å². The summed E-state index contributed by atoms with van der Waals surface area (Å²) in [5.74, 6) is -1.58. The number of esters is 1. The number of carbonyl (C=O) groups is 2. The van der Waals surface area contributed by atoms with Gasteiger partial charge in [0.05, 0.1) is 6.10 Å². The van der Waals surface area contributed by atoms with Crippen LogP contribution in [0.25, 0.3) is 0 Å². The lowest BCUT2D eigenvalue weighted by atomic mass is 10.1. The first-order valence-electron chi connectivity index (χ1n) is 10.6. The molecule has 158 valence electrons. The molecule has 2 N–H and O–H groups in total. The highest BCUT2D eigenvalue weighted by Crippen LogP contribution is 2.14. The van der Waals surface area contributed by atoms with Crippen molar-refractivity contribution in [2.24, 2.45) is 0 Å². The SMILES string of the molecule is CCCCCC[C@@H](O)C/C=C\CCCCCCCC(=O)OC(C)(C)C(=O)O. The lowest BCUT2D eigenvalue weighted by Gasteiger charge is -2.19. The van der Waals surface area contributed by atoms with Gasteiger partial charge in [-0.05, 0) is 46.0 Å². The predicted octanol–water partition coefficient (Wildman–Crippen LogP) is 5.40. The summed E-state index contributed by atoms with van der Waals surface area (Å²) in [6.07, 6.45) is 16.8. The van der Waals surface area contributed by atoms with Crippen LogP contribution in [0.4, 0.5) is 0 Å². The molecule has 0 unspecified atom stereocenters. The molecule has 0 aromatic carbocycles. The largest absolute Gasteiger partial charge is 0.478 e. The summed E-state index contributed by atoms with van der Waals surface area (Å²) in [6.45, 7) is 4.95. The van der Waals surface area contributed by atoms with Crippen molar-refractivity contribution < 1.29 is 24.5 Å². The highest BCUT2D eigenvalue weighted by Gasteiger charge is 2.31. The minimum absolute atomic E-state index is 0.205. The molecule has 0 bridgehead atoms. The molecule has 0 aromatic heterocycles. The summed E-state index contributed by atoms with van der Waals surface area (Å²) >= 11 is 0. The van der Waals surface area contributed by atoms with Crippen molar-refractivity contribution in [2.75, 3.05) is 0 Å². The van der Waals surface area contributed by atoms with Gasteiger partial charge in [0.1, 0.15) is 0 Å². The number of aliphatic carboxylic acids is 1. The molecule has 0 aromatic rings. The van der Waals surface area contributed by atoms with E-state index in [-0.39, 0.29) is 12.5 Å². The lowest BCUT2D eigenvalue weighted by Crippen LogP contribution is -2.36. The third kappa shape index (κ3) is 15.4. The van der Waals surface area contributed by atoms with E-state index in [1.165, 1.54) is 33.1 Å². The molecule has 5 heteroatoms. The number of unbranched alkanes of at least 4 members (excludes halogenated alkanes) is 8. The molecule has 1 atom stereocenters. The van der Waals surface area contributed by atoms with E-state index in [1.54, 1.807) is 0 Å². The summed E-state index contributed by atoms with van der Waals surface area (Å²) in [5.41, 5.74) is -1.45. The minimum atomic E-state index is -1.45. The van der Waals surface area contributed by atoms with Crippen LogP contribution in [0.15, 0.2) is 12.2 Å². The number of carboxylic acids is 1. The average Bonchev–Trinajstić information content (AvgIpc) is 2.59. The predicted molar refractivity (Wildman–Crippen MR) is 109 cm³/mol. The van der Waals surface area contributed by atoms with Gasteiger partial charge in [0.15, 0.2) is 0 Å². The summed E-state index contributed by atoms with van der Waals surface area (Å²) in [4.78, 5) is 22.5. The third-order valence-corrected chi connectivity index (χ3v) is 4.60. The Morgan fingerprint density at radius 1 is 0.963 bits per heavy atom. The standard InChI is InChI=1S/C22H40O5/c1-4-5-6-13-16-19(23)17-14-11-9-7-8-10-12-15-18-20(24)27-22(2,3)21(25)26/h11,14,19,23H,4-10,12-13,15-18H2,1-3H3,(H,25,26)/b14-11-/t19-/m1/s1. The van der Waals surface area contributed by atoms with Gasteiger partial charge in [-0.15, -0.1) is 0 Å². The van der Waals surface area contributed by atoms with Crippen LogP contribution < -0.4 is 0 Å². The van der Waals surface area contributed by atoms with Crippen LogP contribution >= 0.6 is 0 Å². The molecule has 0 spiro atoms. The zero-order valence-electron chi connectivity index (χ0n) is 17.5. The number of hydrogen-bond acceptors (Lipinski definition) is 4. The molecule has 5 nitrogen and oxygen atoms in total. The van der Waals surface area contributed by atoms with Crippen LogP contribution in [-0.4, -0.2) is 33.9 Å². The third-order valence-electron chi connectivity index (χ3n) is 4.60. The Balaban J connectivity index is 3.51. The monoisotopic (exact) mass is 384 g/mol. The zero-order valence-corrected chi connectivity index (χ0v) is 17.5. The van der Waals surface area contributed by atoms with Crippen LogP contribution in [0.1, 0.15) is 104 Å². The smallest absolute Gasteiger partial charge is 0.347 e. The Labute approximate surface area is 165 Å². The van der Waals surface area contributed by atoms with E-state index >= 15 is 0 Å². The van der Waals surface area contributed by atoms with Crippen molar-refractivity contribution in [3.8, 4) is 0 Å². The van der Waals surface area contributed by atoms with E-state index in [9.17, 15) is 14.7 Å². The van der Waals surface area contributed by atoms with Crippen molar-refractivity contribution in [1.29, 1.82) is 0 Å². The van der Waals surface area contributed by atoms with Crippen molar-refractivity contribution in [3.63, 3.8) is 0 Å². The Hall–Kier alpha value is -1.36. The van der Waals surface area contributed by atoms with Crippen LogP contribution in [0.2, 0.25) is 0 Å². The Morgan fingerprint density at radius 3 is 2.26 bits per heavy atom. The van der Waals surface area contributed by atoms with Crippen LogP contribution in [0, 0.1) is 0 Å². The number of aliphatic hydroxyl groups is 1. The maximum absolute atomic E-state index is 11.6. The summed E-state index contributed by atoms with van der Waals surface area (Å²) < 4.78 is 4.96. The fraction of sp³-hybridized carbons (Fsp3) is 0.818. The van der Waals surface area contributed by atoms with Gasteiger partial charge in [0.2, 0.25) is 5.60 Å². The highest BCUT2D eigenvalue weighted by molar-refractivity contribution is 5.81.